The monoisotopic (exact) mass is 447 g/mol. The molecular formula is C19H18BrN3O3S. The predicted molar refractivity (Wildman–Crippen MR) is 110 cm³/mol. The fourth-order valence-electron chi connectivity index (χ4n) is 2.78. The van der Waals surface area contributed by atoms with Gasteiger partial charge in [0.05, 0.1) is 10.2 Å². The summed E-state index contributed by atoms with van der Waals surface area (Å²) in [7, 11) is 3.97. The zero-order chi connectivity index (χ0) is 19.0. The molecular weight excluding hydrogens is 430 g/mol. The summed E-state index contributed by atoms with van der Waals surface area (Å²) in [6.45, 7) is 1.51. The molecule has 4 rings (SSSR count). The van der Waals surface area contributed by atoms with E-state index in [2.05, 4.69) is 15.9 Å². The Bertz CT molecular complexity index is 964. The Morgan fingerprint density at radius 2 is 1.96 bits per heavy atom. The molecule has 1 aliphatic heterocycles. The van der Waals surface area contributed by atoms with E-state index >= 15 is 0 Å². The van der Waals surface area contributed by atoms with Crippen molar-refractivity contribution < 1.29 is 14.3 Å². The lowest BCUT2D eigenvalue weighted by Crippen LogP contribution is -2.36. The highest BCUT2D eigenvalue weighted by Gasteiger charge is 2.23. The van der Waals surface area contributed by atoms with Crippen molar-refractivity contribution in [3.63, 3.8) is 0 Å². The second kappa shape index (κ2) is 7.46. The molecule has 3 aromatic rings. The molecule has 0 bridgehead atoms. The topological polar surface area (TPSA) is 54.9 Å². The Kier molecular flexibility index (Phi) is 5.03. The number of rotatable bonds is 5. The van der Waals surface area contributed by atoms with E-state index in [0.717, 1.165) is 27.0 Å². The number of thiazole rings is 1. The van der Waals surface area contributed by atoms with Crippen LogP contribution in [0, 0.1) is 0 Å². The third-order valence-corrected chi connectivity index (χ3v) is 5.72. The van der Waals surface area contributed by atoms with Crippen LogP contribution in [0.3, 0.4) is 0 Å². The summed E-state index contributed by atoms with van der Waals surface area (Å²) >= 11 is 4.92. The molecule has 2 heterocycles. The number of hydrogen-bond acceptors (Lipinski definition) is 6. The van der Waals surface area contributed by atoms with Crippen LogP contribution in [0.1, 0.15) is 10.4 Å². The average molecular weight is 448 g/mol. The van der Waals surface area contributed by atoms with Crippen molar-refractivity contribution in [3.05, 3.63) is 46.4 Å². The maximum atomic E-state index is 13.2. The molecule has 0 radical (unpaired) electrons. The van der Waals surface area contributed by atoms with Crippen molar-refractivity contribution in [3.8, 4) is 11.5 Å². The Morgan fingerprint density at radius 3 is 2.70 bits per heavy atom. The Balaban J connectivity index is 1.71. The van der Waals surface area contributed by atoms with Gasteiger partial charge in [0.2, 0.25) is 6.79 Å². The number of carbonyl (C=O) groups is 1. The summed E-state index contributed by atoms with van der Waals surface area (Å²) < 4.78 is 12.7. The van der Waals surface area contributed by atoms with Crippen LogP contribution in [-0.2, 0) is 0 Å². The van der Waals surface area contributed by atoms with E-state index in [4.69, 9.17) is 14.5 Å². The first-order chi connectivity index (χ1) is 13.0. The van der Waals surface area contributed by atoms with Crippen LogP contribution in [0.2, 0.25) is 0 Å². The van der Waals surface area contributed by atoms with E-state index in [9.17, 15) is 4.79 Å². The SMILES string of the molecule is CN(C)CCN(C(=O)c1cccc(Br)c1)c1nc2cc3c(cc2s1)OCO3. The quantitative estimate of drug-likeness (QED) is 0.591. The zero-order valence-electron chi connectivity index (χ0n) is 14.9. The molecule has 0 saturated carbocycles. The Hall–Kier alpha value is -2.16. The molecule has 1 aromatic heterocycles. The second-order valence-electron chi connectivity index (χ2n) is 6.44. The van der Waals surface area contributed by atoms with E-state index in [1.807, 2.05) is 55.4 Å². The van der Waals surface area contributed by atoms with Crippen molar-refractivity contribution in [2.75, 3.05) is 38.9 Å². The predicted octanol–water partition coefficient (Wildman–Crippen LogP) is 4.00. The average Bonchev–Trinajstić information content (AvgIpc) is 3.24. The van der Waals surface area contributed by atoms with Crippen molar-refractivity contribution in [1.29, 1.82) is 0 Å². The summed E-state index contributed by atoms with van der Waals surface area (Å²) in [4.78, 5) is 21.7. The van der Waals surface area contributed by atoms with E-state index in [1.165, 1.54) is 11.3 Å². The minimum absolute atomic E-state index is 0.0720. The van der Waals surface area contributed by atoms with Crippen LogP contribution < -0.4 is 14.4 Å². The maximum absolute atomic E-state index is 13.2. The van der Waals surface area contributed by atoms with Crippen molar-refractivity contribution in [2.45, 2.75) is 0 Å². The van der Waals surface area contributed by atoms with E-state index in [-0.39, 0.29) is 12.7 Å². The first kappa shape index (κ1) is 18.2. The number of benzene rings is 2. The summed E-state index contributed by atoms with van der Waals surface area (Å²) in [5.41, 5.74) is 1.42. The minimum Gasteiger partial charge on any atom is -0.454 e. The van der Waals surface area contributed by atoms with Crippen LogP contribution in [-0.4, -0.2) is 49.8 Å². The molecule has 2 aromatic carbocycles. The smallest absolute Gasteiger partial charge is 0.260 e. The molecule has 0 saturated heterocycles. The molecule has 0 fully saturated rings. The molecule has 1 aliphatic rings. The molecule has 27 heavy (non-hydrogen) atoms. The molecule has 6 nitrogen and oxygen atoms in total. The lowest BCUT2D eigenvalue weighted by atomic mass is 10.2. The van der Waals surface area contributed by atoms with Gasteiger partial charge in [-0.05, 0) is 32.3 Å². The molecule has 140 valence electrons. The molecule has 0 unspecified atom stereocenters. The molecule has 1 amide bonds. The Morgan fingerprint density at radius 1 is 1.19 bits per heavy atom. The molecule has 0 N–H and O–H groups in total. The number of anilines is 1. The Labute approximate surface area is 169 Å². The number of likely N-dealkylation sites (N-methyl/N-ethyl adjacent to an activating group) is 1. The summed E-state index contributed by atoms with van der Waals surface area (Å²) in [6.07, 6.45) is 0. The van der Waals surface area contributed by atoms with Gasteiger partial charge in [0, 0.05) is 35.3 Å². The lowest BCUT2D eigenvalue weighted by molar-refractivity contribution is 0.0985. The number of aromatic nitrogens is 1. The summed E-state index contributed by atoms with van der Waals surface area (Å²) in [5.74, 6) is 1.34. The number of hydrogen-bond donors (Lipinski definition) is 0. The van der Waals surface area contributed by atoms with Gasteiger partial charge >= 0.3 is 0 Å². The highest BCUT2D eigenvalue weighted by Crippen LogP contribution is 2.40. The molecule has 0 atom stereocenters. The van der Waals surface area contributed by atoms with Gasteiger partial charge in [-0.15, -0.1) is 0 Å². The van der Waals surface area contributed by atoms with Crippen LogP contribution in [0.25, 0.3) is 10.2 Å². The van der Waals surface area contributed by atoms with Crippen molar-refractivity contribution in [2.24, 2.45) is 0 Å². The number of carbonyl (C=O) groups excluding carboxylic acids is 1. The van der Waals surface area contributed by atoms with Gasteiger partial charge in [0.15, 0.2) is 16.6 Å². The van der Waals surface area contributed by atoms with Gasteiger partial charge in [0.1, 0.15) is 0 Å². The zero-order valence-corrected chi connectivity index (χ0v) is 17.3. The third kappa shape index (κ3) is 3.78. The first-order valence-corrected chi connectivity index (χ1v) is 10.0. The van der Waals surface area contributed by atoms with Gasteiger partial charge in [-0.1, -0.05) is 33.3 Å². The summed E-state index contributed by atoms with van der Waals surface area (Å²) in [6, 6.07) is 11.2. The van der Waals surface area contributed by atoms with Crippen LogP contribution in [0.4, 0.5) is 5.13 Å². The van der Waals surface area contributed by atoms with Crippen molar-refractivity contribution in [1.82, 2.24) is 9.88 Å². The fourth-order valence-corrected chi connectivity index (χ4v) is 4.18. The largest absolute Gasteiger partial charge is 0.454 e. The molecule has 0 aliphatic carbocycles. The lowest BCUT2D eigenvalue weighted by Gasteiger charge is -2.22. The van der Waals surface area contributed by atoms with Crippen LogP contribution in [0.15, 0.2) is 40.9 Å². The van der Waals surface area contributed by atoms with E-state index in [0.29, 0.717) is 23.0 Å². The van der Waals surface area contributed by atoms with Crippen LogP contribution >= 0.6 is 27.3 Å². The number of ether oxygens (including phenoxy) is 2. The minimum atomic E-state index is -0.0720. The standard InChI is InChI=1S/C19H18BrN3O3S/c1-22(2)6-7-23(18(24)12-4-3-5-13(20)8-12)19-21-14-9-15-16(26-11-25-15)10-17(14)27-19/h3-5,8-10H,6-7,11H2,1-2H3. The summed E-state index contributed by atoms with van der Waals surface area (Å²) in [5, 5.41) is 0.667. The second-order valence-corrected chi connectivity index (χ2v) is 8.36. The number of nitrogens with zero attached hydrogens (tertiary/aromatic N) is 3. The van der Waals surface area contributed by atoms with E-state index < -0.39 is 0 Å². The van der Waals surface area contributed by atoms with Gasteiger partial charge < -0.3 is 14.4 Å². The van der Waals surface area contributed by atoms with Crippen LogP contribution in [0.5, 0.6) is 11.5 Å². The van der Waals surface area contributed by atoms with Gasteiger partial charge in [-0.25, -0.2) is 4.98 Å². The highest BCUT2D eigenvalue weighted by atomic mass is 79.9. The van der Waals surface area contributed by atoms with Gasteiger partial charge in [-0.3, -0.25) is 9.69 Å². The number of fused-ring (bicyclic) bond motifs is 2. The molecule has 8 heteroatoms. The highest BCUT2D eigenvalue weighted by molar-refractivity contribution is 9.10. The van der Waals surface area contributed by atoms with Crippen molar-refractivity contribution >= 4 is 48.5 Å². The number of halogens is 1. The maximum Gasteiger partial charge on any atom is 0.260 e. The molecule has 0 spiro atoms. The van der Waals surface area contributed by atoms with Gasteiger partial charge in [-0.2, -0.15) is 0 Å². The van der Waals surface area contributed by atoms with E-state index in [1.54, 1.807) is 4.90 Å². The normalized spacial score (nSPS) is 12.7. The third-order valence-electron chi connectivity index (χ3n) is 4.19. The fraction of sp³-hybridized carbons (Fsp3) is 0.263. The van der Waals surface area contributed by atoms with Gasteiger partial charge in [0.25, 0.3) is 5.91 Å². The number of amides is 1. The first-order valence-electron chi connectivity index (χ1n) is 8.43.